The summed E-state index contributed by atoms with van der Waals surface area (Å²) < 4.78 is 0. The molecule has 3 heteroatoms. The summed E-state index contributed by atoms with van der Waals surface area (Å²) in [6, 6.07) is 6.60. The van der Waals surface area contributed by atoms with E-state index >= 15 is 0 Å². The van der Waals surface area contributed by atoms with Crippen molar-refractivity contribution < 1.29 is 0 Å². The maximum atomic E-state index is 4.76. The molecule has 0 aromatic carbocycles. The van der Waals surface area contributed by atoms with Crippen molar-refractivity contribution in [3.05, 3.63) is 23.9 Å². The zero-order valence-electron chi connectivity index (χ0n) is 14.5. The zero-order valence-corrected chi connectivity index (χ0v) is 14.5. The van der Waals surface area contributed by atoms with Crippen molar-refractivity contribution in [1.29, 1.82) is 0 Å². The molecule has 1 atom stereocenters. The monoisotopic (exact) mass is 289 g/mol. The molecule has 2 heterocycles. The summed E-state index contributed by atoms with van der Waals surface area (Å²) in [5, 5.41) is 0. The fraction of sp³-hybridized carbons (Fsp3) is 0.722. The first-order valence-corrected chi connectivity index (χ1v) is 8.41. The van der Waals surface area contributed by atoms with Crippen LogP contribution in [0, 0.1) is 0 Å². The average Bonchev–Trinajstić information content (AvgIpc) is 2.88. The number of likely N-dealkylation sites (tertiary alicyclic amines) is 1. The highest BCUT2D eigenvalue weighted by Gasteiger charge is 2.28. The van der Waals surface area contributed by atoms with Crippen LogP contribution >= 0.6 is 0 Å². The molecular weight excluding hydrogens is 258 g/mol. The number of nitrogens with zero attached hydrogens (tertiary/aromatic N) is 3. The highest BCUT2D eigenvalue weighted by molar-refractivity contribution is 5.41. The first-order valence-electron chi connectivity index (χ1n) is 8.41. The third-order valence-corrected chi connectivity index (χ3v) is 4.49. The Balaban J connectivity index is 2.18. The number of anilines is 1. The van der Waals surface area contributed by atoms with Crippen molar-refractivity contribution in [2.45, 2.75) is 78.6 Å². The number of rotatable bonds is 5. The third-order valence-electron chi connectivity index (χ3n) is 4.49. The summed E-state index contributed by atoms with van der Waals surface area (Å²) in [6.07, 6.45) is 4.66. The normalized spacial score (nSPS) is 20.0. The Morgan fingerprint density at radius 2 is 1.76 bits per heavy atom. The molecule has 1 fully saturated rings. The number of hydrogen-bond donors (Lipinski definition) is 0. The SMILES string of the molecule is CC(C)N(c1ccc([C@@H]2CCCN2C(C)C)cn1)C(C)C. The first-order chi connectivity index (χ1) is 9.91. The second kappa shape index (κ2) is 6.78. The molecule has 0 saturated carbocycles. The Bertz CT molecular complexity index is 428. The molecule has 3 nitrogen and oxygen atoms in total. The lowest BCUT2D eigenvalue weighted by Crippen LogP contribution is -2.37. The van der Waals surface area contributed by atoms with E-state index in [-0.39, 0.29) is 0 Å². The minimum Gasteiger partial charge on any atom is -0.352 e. The van der Waals surface area contributed by atoms with Gasteiger partial charge in [-0.1, -0.05) is 6.07 Å². The smallest absolute Gasteiger partial charge is 0.128 e. The lowest BCUT2D eigenvalue weighted by Gasteiger charge is -2.32. The number of pyridine rings is 1. The summed E-state index contributed by atoms with van der Waals surface area (Å²) in [7, 11) is 0. The van der Waals surface area contributed by atoms with Gasteiger partial charge in [-0.15, -0.1) is 0 Å². The van der Waals surface area contributed by atoms with E-state index in [1.807, 2.05) is 0 Å². The van der Waals surface area contributed by atoms with E-state index in [9.17, 15) is 0 Å². The Kier molecular flexibility index (Phi) is 5.26. The van der Waals surface area contributed by atoms with E-state index in [2.05, 4.69) is 69.7 Å². The maximum absolute atomic E-state index is 4.76. The molecule has 0 aliphatic carbocycles. The fourth-order valence-corrected chi connectivity index (χ4v) is 3.64. The molecule has 0 N–H and O–H groups in total. The number of hydrogen-bond acceptors (Lipinski definition) is 3. The molecule has 0 bridgehead atoms. The average molecular weight is 289 g/mol. The van der Waals surface area contributed by atoms with Crippen molar-refractivity contribution in [1.82, 2.24) is 9.88 Å². The molecule has 0 spiro atoms. The molecule has 1 aromatic heterocycles. The van der Waals surface area contributed by atoms with Gasteiger partial charge in [0.25, 0.3) is 0 Å². The minimum absolute atomic E-state index is 0.474. The van der Waals surface area contributed by atoms with Gasteiger partial charge in [-0.05, 0) is 72.6 Å². The van der Waals surface area contributed by atoms with Crippen LogP contribution in [0.1, 0.15) is 66.0 Å². The highest BCUT2D eigenvalue weighted by atomic mass is 15.2. The van der Waals surface area contributed by atoms with E-state index in [0.29, 0.717) is 24.2 Å². The molecule has 0 unspecified atom stereocenters. The first kappa shape index (κ1) is 16.3. The van der Waals surface area contributed by atoms with Gasteiger partial charge in [-0.3, -0.25) is 4.90 Å². The van der Waals surface area contributed by atoms with Gasteiger partial charge in [-0.25, -0.2) is 4.98 Å². The van der Waals surface area contributed by atoms with Crippen LogP contribution in [0.4, 0.5) is 5.82 Å². The van der Waals surface area contributed by atoms with Gasteiger partial charge in [0.05, 0.1) is 0 Å². The van der Waals surface area contributed by atoms with Crippen LogP contribution in [0.3, 0.4) is 0 Å². The predicted octanol–water partition coefficient (Wildman–Crippen LogP) is 4.25. The maximum Gasteiger partial charge on any atom is 0.128 e. The predicted molar refractivity (Wildman–Crippen MR) is 90.8 cm³/mol. The Hall–Kier alpha value is -1.09. The second-order valence-corrected chi connectivity index (χ2v) is 7.03. The van der Waals surface area contributed by atoms with Gasteiger partial charge in [0.15, 0.2) is 0 Å². The van der Waals surface area contributed by atoms with Crippen molar-refractivity contribution in [3.63, 3.8) is 0 Å². The standard InChI is InChI=1S/C18H31N3/c1-13(2)20-11-7-8-17(20)16-9-10-18(19-12-16)21(14(3)4)15(5)6/h9-10,12-15,17H,7-8,11H2,1-6H3/t17-/m0/s1. The van der Waals surface area contributed by atoms with E-state index in [1.165, 1.54) is 24.9 Å². The van der Waals surface area contributed by atoms with E-state index in [0.717, 1.165) is 5.82 Å². The molecule has 1 aliphatic rings. The largest absolute Gasteiger partial charge is 0.352 e. The molecule has 1 aromatic rings. The van der Waals surface area contributed by atoms with Crippen molar-refractivity contribution in [2.75, 3.05) is 11.4 Å². The highest BCUT2D eigenvalue weighted by Crippen LogP contribution is 2.33. The summed E-state index contributed by atoms with van der Waals surface area (Å²) in [5.74, 6) is 1.10. The Labute approximate surface area is 130 Å². The van der Waals surface area contributed by atoms with E-state index < -0.39 is 0 Å². The van der Waals surface area contributed by atoms with Gasteiger partial charge in [-0.2, -0.15) is 0 Å². The molecule has 1 saturated heterocycles. The van der Waals surface area contributed by atoms with Gasteiger partial charge in [0.2, 0.25) is 0 Å². The van der Waals surface area contributed by atoms with Crippen LogP contribution in [-0.2, 0) is 0 Å². The van der Waals surface area contributed by atoms with Crippen LogP contribution in [0.15, 0.2) is 18.3 Å². The van der Waals surface area contributed by atoms with Crippen LogP contribution in [0.25, 0.3) is 0 Å². The molecule has 0 amide bonds. The van der Waals surface area contributed by atoms with Gasteiger partial charge < -0.3 is 4.90 Å². The van der Waals surface area contributed by atoms with Gasteiger partial charge in [0, 0.05) is 30.4 Å². The molecule has 2 rings (SSSR count). The Morgan fingerprint density at radius 1 is 1.10 bits per heavy atom. The summed E-state index contributed by atoms with van der Waals surface area (Å²) in [4.78, 5) is 9.73. The summed E-state index contributed by atoms with van der Waals surface area (Å²) >= 11 is 0. The summed E-state index contributed by atoms with van der Waals surface area (Å²) in [5.41, 5.74) is 1.37. The Morgan fingerprint density at radius 3 is 2.24 bits per heavy atom. The molecular formula is C18H31N3. The van der Waals surface area contributed by atoms with Crippen LogP contribution in [0.5, 0.6) is 0 Å². The molecule has 0 radical (unpaired) electrons. The minimum atomic E-state index is 0.474. The van der Waals surface area contributed by atoms with E-state index in [4.69, 9.17) is 4.98 Å². The van der Waals surface area contributed by atoms with Crippen LogP contribution in [-0.4, -0.2) is 34.6 Å². The zero-order chi connectivity index (χ0) is 15.6. The fourth-order valence-electron chi connectivity index (χ4n) is 3.64. The van der Waals surface area contributed by atoms with Crippen LogP contribution in [0.2, 0.25) is 0 Å². The summed E-state index contributed by atoms with van der Waals surface area (Å²) in [6.45, 7) is 14.7. The number of aromatic nitrogens is 1. The third kappa shape index (κ3) is 3.57. The van der Waals surface area contributed by atoms with Crippen molar-refractivity contribution >= 4 is 5.82 Å². The topological polar surface area (TPSA) is 19.4 Å². The van der Waals surface area contributed by atoms with Crippen molar-refractivity contribution in [2.24, 2.45) is 0 Å². The lowest BCUT2D eigenvalue weighted by atomic mass is 10.1. The molecule has 21 heavy (non-hydrogen) atoms. The lowest BCUT2D eigenvalue weighted by molar-refractivity contribution is 0.205. The van der Waals surface area contributed by atoms with E-state index in [1.54, 1.807) is 0 Å². The molecule has 1 aliphatic heterocycles. The van der Waals surface area contributed by atoms with Crippen molar-refractivity contribution in [3.8, 4) is 0 Å². The van der Waals surface area contributed by atoms with Gasteiger partial charge in [0.1, 0.15) is 5.82 Å². The van der Waals surface area contributed by atoms with Gasteiger partial charge >= 0.3 is 0 Å². The molecule has 118 valence electrons. The quantitative estimate of drug-likeness (QED) is 0.808. The van der Waals surface area contributed by atoms with Crippen LogP contribution < -0.4 is 4.90 Å². The second-order valence-electron chi connectivity index (χ2n) is 7.03.